The van der Waals surface area contributed by atoms with E-state index in [0.717, 1.165) is 11.1 Å². The molecule has 2 heterocycles. The van der Waals surface area contributed by atoms with Gasteiger partial charge in [-0.15, -0.1) is 0 Å². The van der Waals surface area contributed by atoms with Gasteiger partial charge in [0.05, 0.1) is 19.0 Å². The molecule has 0 aliphatic carbocycles. The Morgan fingerprint density at radius 2 is 1.84 bits per heavy atom. The lowest BCUT2D eigenvalue weighted by Crippen LogP contribution is -2.47. The molecule has 138 valence electrons. The summed E-state index contributed by atoms with van der Waals surface area (Å²) in [5.74, 6) is 0.110. The second-order valence-corrected chi connectivity index (χ2v) is 8.83. The molecular weight excluding hydrogens is 340 g/mol. The second kappa shape index (κ2) is 7.85. The molecule has 0 atom stereocenters. The smallest absolute Gasteiger partial charge is 0.225 e. The van der Waals surface area contributed by atoms with Crippen molar-refractivity contribution in [1.29, 1.82) is 0 Å². The van der Waals surface area contributed by atoms with E-state index >= 15 is 0 Å². The number of carbonyl (C=O) groups is 1. The molecule has 0 spiro atoms. The van der Waals surface area contributed by atoms with Crippen LogP contribution < -0.4 is 0 Å². The number of nitrogens with zero attached hydrogens (tertiary/aromatic N) is 2. The van der Waals surface area contributed by atoms with E-state index in [0.29, 0.717) is 52.2 Å². The van der Waals surface area contributed by atoms with E-state index in [1.165, 1.54) is 0 Å². The molecule has 6 nitrogen and oxygen atoms in total. The summed E-state index contributed by atoms with van der Waals surface area (Å²) >= 11 is 0. The van der Waals surface area contributed by atoms with Gasteiger partial charge in [0, 0.05) is 32.1 Å². The van der Waals surface area contributed by atoms with Crippen LogP contribution in [0.15, 0.2) is 24.3 Å². The summed E-state index contributed by atoms with van der Waals surface area (Å²) in [5, 5.41) is 0. The van der Waals surface area contributed by atoms with E-state index < -0.39 is 10.0 Å². The van der Waals surface area contributed by atoms with Gasteiger partial charge in [0.15, 0.2) is 0 Å². The van der Waals surface area contributed by atoms with Crippen molar-refractivity contribution < 1.29 is 17.9 Å². The van der Waals surface area contributed by atoms with Crippen LogP contribution in [0.5, 0.6) is 0 Å². The van der Waals surface area contributed by atoms with Crippen LogP contribution >= 0.6 is 0 Å². The molecule has 0 saturated carbocycles. The maximum absolute atomic E-state index is 12.7. The van der Waals surface area contributed by atoms with Crippen molar-refractivity contribution >= 4 is 15.9 Å². The minimum Gasteiger partial charge on any atom is -0.378 e. The Labute approximate surface area is 149 Å². The first-order valence-electron chi connectivity index (χ1n) is 8.85. The Kier molecular flexibility index (Phi) is 5.76. The molecule has 2 aliphatic heterocycles. The number of sulfonamides is 1. The normalized spacial score (nSPS) is 20.6. The van der Waals surface area contributed by atoms with E-state index in [4.69, 9.17) is 4.74 Å². The molecule has 7 heteroatoms. The number of aryl methyl sites for hydroxylation is 1. The highest BCUT2D eigenvalue weighted by Gasteiger charge is 2.33. The van der Waals surface area contributed by atoms with Crippen LogP contribution in [-0.2, 0) is 25.3 Å². The summed E-state index contributed by atoms with van der Waals surface area (Å²) in [6, 6.07) is 7.60. The van der Waals surface area contributed by atoms with E-state index in [9.17, 15) is 13.2 Å². The Morgan fingerprint density at radius 3 is 2.48 bits per heavy atom. The van der Waals surface area contributed by atoms with Crippen molar-refractivity contribution in [2.75, 3.05) is 39.4 Å². The maximum atomic E-state index is 12.7. The Balaban J connectivity index is 1.56. The second-order valence-electron chi connectivity index (χ2n) is 6.86. The summed E-state index contributed by atoms with van der Waals surface area (Å²) in [5.41, 5.74) is 1.87. The molecule has 2 fully saturated rings. The van der Waals surface area contributed by atoms with Gasteiger partial charge in [-0.05, 0) is 25.3 Å². The van der Waals surface area contributed by atoms with Gasteiger partial charge in [0.1, 0.15) is 0 Å². The fourth-order valence-corrected chi connectivity index (χ4v) is 5.08. The average molecular weight is 366 g/mol. The van der Waals surface area contributed by atoms with Crippen molar-refractivity contribution in [2.45, 2.75) is 25.5 Å². The van der Waals surface area contributed by atoms with Gasteiger partial charge >= 0.3 is 0 Å². The summed E-state index contributed by atoms with van der Waals surface area (Å²) in [7, 11) is -3.34. The highest BCUT2D eigenvalue weighted by atomic mass is 32.2. The largest absolute Gasteiger partial charge is 0.378 e. The lowest BCUT2D eigenvalue weighted by Gasteiger charge is -2.35. The number of morpholine rings is 1. The van der Waals surface area contributed by atoms with Crippen LogP contribution in [0.3, 0.4) is 0 Å². The third kappa shape index (κ3) is 4.59. The molecule has 0 bridgehead atoms. The van der Waals surface area contributed by atoms with Gasteiger partial charge in [0.2, 0.25) is 15.9 Å². The van der Waals surface area contributed by atoms with Crippen LogP contribution in [0.1, 0.15) is 24.0 Å². The third-order valence-corrected chi connectivity index (χ3v) is 6.80. The maximum Gasteiger partial charge on any atom is 0.225 e. The Morgan fingerprint density at radius 1 is 1.16 bits per heavy atom. The lowest BCUT2D eigenvalue weighted by atomic mass is 9.96. The summed E-state index contributed by atoms with van der Waals surface area (Å²) in [6.07, 6.45) is 1.20. The van der Waals surface area contributed by atoms with Gasteiger partial charge in [-0.2, -0.15) is 0 Å². The zero-order valence-corrected chi connectivity index (χ0v) is 15.5. The third-order valence-electron chi connectivity index (χ3n) is 4.95. The fourth-order valence-electron chi connectivity index (χ4n) is 3.53. The van der Waals surface area contributed by atoms with E-state index in [1.54, 1.807) is 4.31 Å². The molecule has 1 aromatic carbocycles. The topological polar surface area (TPSA) is 66.9 Å². The highest BCUT2D eigenvalue weighted by molar-refractivity contribution is 7.88. The number of hydrogen-bond donors (Lipinski definition) is 0. The molecule has 0 radical (unpaired) electrons. The van der Waals surface area contributed by atoms with Crippen LogP contribution in [-0.4, -0.2) is 62.9 Å². The van der Waals surface area contributed by atoms with Crippen LogP contribution in [0.4, 0.5) is 0 Å². The standard InChI is InChI=1S/C18H26N2O4S/c1-15-3-2-4-16(13-15)14-25(22,23)20-7-5-17(6-8-20)18(21)19-9-11-24-12-10-19/h2-4,13,17H,5-12,14H2,1H3. The predicted octanol–water partition coefficient (Wildman–Crippen LogP) is 1.40. The van der Waals surface area contributed by atoms with Gasteiger partial charge in [-0.25, -0.2) is 12.7 Å². The number of piperidine rings is 1. The van der Waals surface area contributed by atoms with Gasteiger partial charge in [0.25, 0.3) is 0 Å². The molecule has 0 unspecified atom stereocenters. The summed E-state index contributed by atoms with van der Waals surface area (Å²) in [4.78, 5) is 14.4. The van der Waals surface area contributed by atoms with Crippen molar-refractivity contribution in [3.05, 3.63) is 35.4 Å². The molecule has 0 N–H and O–H groups in total. The first-order chi connectivity index (χ1) is 12.0. The van der Waals surface area contributed by atoms with Gasteiger partial charge < -0.3 is 9.64 Å². The predicted molar refractivity (Wildman–Crippen MR) is 95.5 cm³/mol. The minimum absolute atomic E-state index is 0.0246. The quantitative estimate of drug-likeness (QED) is 0.808. The van der Waals surface area contributed by atoms with Gasteiger partial charge in [-0.1, -0.05) is 29.8 Å². The zero-order chi connectivity index (χ0) is 17.9. The van der Waals surface area contributed by atoms with Crippen molar-refractivity contribution in [2.24, 2.45) is 5.92 Å². The molecule has 2 saturated heterocycles. The van der Waals surface area contributed by atoms with Crippen LogP contribution in [0.25, 0.3) is 0 Å². The molecule has 2 aliphatic rings. The Hall–Kier alpha value is -1.44. The number of amides is 1. The zero-order valence-electron chi connectivity index (χ0n) is 14.7. The number of carbonyl (C=O) groups excluding carboxylic acids is 1. The van der Waals surface area contributed by atoms with Gasteiger partial charge in [-0.3, -0.25) is 4.79 Å². The van der Waals surface area contributed by atoms with Crippen molar-refractivity contribution in [3.63, 3.8) is 0 Å². The molecular formula is C18H26N2O4S. The number of ether oxygens (including phenoxy) is 1. The van der Waals surface area contributed by atoms with E-state index in [-0.39, 0.29) is 17.6 Å². The minimum atomic E-state index is -3.34. The number of rotatable bonds is 4. The molecule has 1 amide bonds. The monoisotopic (exact) mass is 366 g/mol. The average Bonchev–Trinajstić information content (AvgIpc) is 2.61. The number of hydrogen-bond acceptors (Lipinski definition) is 4. The van der Waals surface area contributed by atoms with Crippen molar-refractivity contribution in [3.8, 4) is 0 Å². The number of benzene rings is 1. The first kappa shape index (κ1) is 18.4. The molecule has 3 rings (SSSR count). The van der Waals surface area contributed by atoms with Crippen LogP contribution in [0, 0.1) is 12.8 Å². The molecule has 0 aromatic heterocycles. The molecule has 25 heavy (non-hydrogen) atoms. The SMILES string of the molecule is Cc1cccc(CS(=O)(=O)N2CCC(C(=O)N3CCOCC3)CC2)c1. The van der Waals surface area contributed by atoms with E-state index in [1.807, 2.05) is 36.1 Å². The van der Waals surface area contributed by atoms with E-state index in [2.05, 4.69) is 0 Å². The van der Waals surface area contributed by atoms with Crippen molar-refractivity contribution in [1.82, 2.24) is 9.21 Å². The fraction of sp³-hybridized carbons (Fsp3) is 0.611. The summed E-state index contributed by atoms with van der Waals surface area (Å²) < 4.78 is 32.1. The highest BCUT2D eigenvalue weighted by Crippen LogP contribution is 2.24. The van der Waals surface area contributed by atoms with Crippen LogP contribution in [0.2, 0.25) is 0 Å². The Bertz CT molecular complexity index is 706. The molecule has 1 aromatic rings. The first-order valence-corrected chi connectivity index (χ1v) is 10.5. The lowest BCUT2D eigenvalue weighted by molar-refractivity contribution is -0.140. The summed E-state index contributed by atoms with van der Waals surface area (Å²) in [6.45, 7) is 5.28.